The third kappa shape index (κ3) is 5.13. The van der Waals surface area contributed by atoms with Crippen LogP contribution in [-0.2, 0) is 9.59 Å². The molecule has 1 aromatic carbocycles. The maximum atomic E-state index is 11.0. The van der Waals surface area contributed by atoms with Crippen LogP contribution in [0.25, 0.3) is 0 Å². The van der Waals surface area contributed by atoms with E-state index in [9.17, 15) is 19.2 Å². The Morgan fingerprint density at radius 3 is 2.08 bits per heavy atom. The lowest BCUT2D eigenvalue weighted by Crippen LogP contribution is -2.01. The molecule has 0 saturated heterocycles. The van der Waals surface area contributed by atoms with Crippen LogP contribution in [-0.4, -0.2) is 43.3 Å². The summed E-state index contributed by atoms with van der Waals surface area (Å²) < 4.78 is 9.96. The van der Waals surface area contributed by atoms with Gasteiger partial charge in [-0.05, 0) is 30.3 Å². The van der Waals surface area contributed by atoms with Gasteiger partial charge in [-0.1, -0.05) is 6.07 Å². The molecule has 24 heavy (non-hydrogen) atoms. The first-order valence-electron chi connectivity index (χ1n) is 6.69. The molecule has 7 heteroatoms. The molecule has 0 amide bonds. The first kappa shape index (κ1) is 18.7. The van der Waals surface area contributed by atoms with Gasteiger partial charge in [0.05, 0.1) is 14.2 Å². The van der Waals surface area contributed by atoms with Crippen LogP contribution in [0, 0.1) is 0 Å². The van der Waals surface area contributed by atoms with E-state index >= 15 is 0 Å². The number of hydrogen-bond acceptors (Lipinski definition) is 7. The lowest BCUT2D eigenvalue weighted by molar-refractivity contribution is -0.105. The van der Waals surface area contributed by atoms with Gasteiger partial charge in [0, 0.05) is 11.8 Å². The number of ether oxygens (including phenoxy) is 2. The summed E-state index contributed by atoms with van der Waals surface area (Å²) in [6.07, 6.45) is 1.99. The van der Waals surface area contributed by atoms with E-state index in [-0.39, 0.29) is 23.8 Å². The van der Waals surface area contributed by atoms with Crippen LogP contribution in [0.15, 0.2) is 42.6 Å². The van der Waals surface area contributed by atoms with Crippen LogP contribution in [0.3, 0.4) is 0 Å². The predicted octanol–water partition coefficient (Wildman–Crippen LogP) is 1.55. The van der Waals surface area contributed by atoms with Gasteiger partial charge in [0.2, 0.25) is 11.6 Å². The number of benzene rings is 1. The van der Waals surface area contributed by atoms with E-state index in [0.717, 1.165) is 0 Å². The zero-order chi connectivity index (χ0) is 17.9. The smallest absolute Gasteiger partial charge is 0.243 e. The number of carbonyl (C=O) groups excluding carboxylic acids is 4. The molecule has 0 aliphatic carbocycles. The van der Waals surface area contributed by atoms with Crippen molar-refractivity contribution in [1.29, 1.82) is 0 Å². The van der Waals surface area contributed by atoms with Crippen LogP contribution in [0.5, 0.6) is 11.5 Å². The molecular formula is C17H15NO6. The van der Waals surface area contributed by atoms with Crippen LogP contribution >= 0.6 is 0 Å². The molecule has 2 rings (SSSR count). The average Bonchev–Trinajstić information content (AvgIpc) is 2.67. The zero-order valence-electron chi connectivity index (χ0n) is 13.1. The highest BCUT2D eigenvalue weighted by Gasteiger charge is 2.09. The summed E-state index contributed by atoms with van der Waals surface area (Å²) in [6.45, 7) is 0. The van der Waals surface area contributed by atoms with Gasteiger partial charge >= 0.3 is 0 Å². The minimum absolute atomic E-state index is 0.192. The summed E-state index contributed by atoms with van der Waals surface area (Å²) in [7, 11) is 2.96. The first-order valence-corrected chi connectivity index (χ1v) is 6.69. The van der Waals surface area contributed by atoms with Crippen molar-refractivity contribution in [2.45, 2.75) is 0 Å². The van der Waals surface area contributed by atoms with Crippen molar-refractivity contribution in [2.24, 2.45) is 0 Å². The molecule has 0 aliphatic heterocycles. The number of aldehydes is 2. The summed E-state index contributed by atoms with van der Waals surface area (Å²) in [4.78, 5) is 45.4. The fraction of sp³-hybridized carbons (Fsp3) is 0.118. The molecule has 0 fully saturated rings. The topological polar surface area (TPSA) is 99.6 Å². The third-order valence-electron chi connectivity index (χ3n) is 2.80. The van der Waals surface area contributed by atoms with Crippen molar-refractivity contribution in [3.05, 3.63) is 53.9 Å². The number of methoxy groups -OCH3 is 2. The summed E-state index contributed by atoms with van der Waals surface area (Å²) in [5.41, 5.74) is 0.482. The molecule has 0 aliphatic rings. The van der Waals surface area contributed by atoms with Gasteiger partial charge in [-0.2, -0.15) is 0 Å². The first-order chi connectivity index (χ1) is 11.6. The summed E-state index contributed by atoms with van der Waals surface area (Å²) in [6, 6.07) is 9.39. The maximum Gasteiger partial charge on any atom is 0.243 e. The molecule has 0 spiro atoms. The number of carbonyl (C=O) groups is 4. The highest BCUT2D eigenvalue weighted by atomic mass is 16.5. The number of ketones is 2. The molecule has 0 N–H and O–H groups in total. The molecule has 1 aromatic heterocycles. The van der Waals surface area contributed by atoms with E-state index in [4.69, 9.17) is 9.47 Å². The zero-order valence-corrected chi connectivity index (χ0v) is 13.1. The molecule has 0 radical (unpaired) electrons. The van der Waals surface area contributed by atoms with E-state index < -0.39 is 11.6 Å². The Labute approximate surface area is 138 Å². The van der Waals surface area contributed by atoms with Crippen LogP contribution in [0.1, 0.15) is 20.8 Å². The predicted molar refractivity (Wildman–Crippen MR) is 84.6 cm³/mol. The largest absolute Gasteiger partial charge is 0.493 e. The third-order valence-corrected chi connectivity index (χ3v) is 2.80. The monoisotopic (exact) mass is 329 g/mol. The molecule has 0 saturated carbocycles. The minimum Gasteiger partial charge on any atom is -0.493 e. The molecule has 124 valence electrons. The second-order valence-electron chi connectivity index (χ2n) is 4.25. The fourth-order valence-corrected chi connectivity index (χ4v) is 1.63. The van der Waals surface area contributed by atoms with Crippen LogP contribution < -0.4 is 9.47 Å². The molecule has 1 heterocycles. The van der Waals surface area contributed by atoms with Gasteiger partial charge in [-0.3, -0.25) is 24.2 Å². The van der Waals surface area contributed by atoms with Gasteiger partial charge in [-0.25, -0.2) is 0 Å². The molecular weight excluding hydrogens is 314 g/mol. The molecule has 0 unspecified atom stereocenters. The number of rotatable bonds is 6. The minimum atomic E-state index is -0.583. The van der Waals surface area contributed by atoms with Crippen molar-refractivity contribution >= 4 is 24.1 Å². The Kier molecular flexibility index (Phi) is 7.50. The van der Waals surface area contributed by atoms with Crippen molar-refractivity contribution in [3.63, 3.8) is 0 Å². The van der Waals surface area contributed by atoms with E-state index in [1.807, 2.05) is 0 Å². The van der Waals surface area contributed by atoms with E-state index in [2.05, 4.69) is 4.98 Å². The highest BCUT2D eigenvalue weighted by molar-refractivity contribution is 6.33. The molecule has 0 atom stereocenters. The quantitative estimate of drug-likeness (QED) is 0.450. The van der Waals surface area contributed by atoms with Crippen molar-refractivity contribution in [2.75, 3.05) is 14.2 Å². The Morgan fingerprint density at radius 2 is 1.58 bits per heavy atom. The Morgan fingerprint density at radius 1 is 0.917 bits per heavy atom. The number of aromatic nitrogens is 1. The van der Waals surface area contributed by atoms with Crippen molar-refractivity contribution < 1.29 is 28.7 Å². The number of pyridine rings is 1. The maximum absolute atomic E-state index is 11.0. The number of Topliss-reactive ketones (excluding diaryl/α,β-unsaturated/α-hetero) is 2. The highest BCUT2D eigenvalue weighted by Crippen LogP contribution is 2.27. The Bertz CT molecular complexity index is 727. The molecule has 7 nitrogen and oxygen atoms in total. The van der Waals surface area contributed by atoms with Gasteiger partial charge in [0.15, 0.2) is 24.1 Å². The van der Waals surface area contributed by atoms with E-state index in [1.54, 1.807) is 18.2 Å². The second kappa shape index (κ2) is 9.62. The molecule has 2 aromatic rings. The van der Waals surface area contributed by atoms with Crippen LogP contribution in [0.2, 0.25) is 0 Å². The van der Waals surface area contributed by atoms with Crippen molar-refractivity contribution in [1.82, 2.24) is 4.98 Å². The van der Waals surface area contributed by atoms with Crippen LogP contribution in [0.4, 0.5) is 0 Å². The Hall–Kier alpha value is -3.35. The average molecular weight is 329 g/mol. The van der Waals surface area contributed by atoms with Crippen molar-refractivity contribution in [3.8, 4) is 11.5 Å². The fourth-order valence-electron chi connectivity index (χ4n) is 1.63. The van der Waals surface area contributed by atoms with E-state index in [1.165, 1.54) is 38.6 Å². The van der Waals surface area contributed by atoms with E-state index in [0.29, 0.717) is 11.5 Å². The molecule has 0 bridgehead atoms. The summed E-state index contributed by atoms with van der Waals surface area (Å²) in [5.74, 6) is -0.207. The second-order valence-corrected chi connectivity index (χ2v) is 4.25. The van der Waals surface area contributed by atoms with Gasteiger partial charge in [0.25, 0.3) is 0 Å². The number of nitrogens with zero attached hydrogens (tertiary/aromatic N) is 1. The lowest BCUT2D eigenvalue weighted by atomic mass is 10.1. The summed E-state index contributed by atoms with van der Waals surface area (Å²) >= 11 is 0. The standard InChI is InChI=1S/C10H10O4.C7H5NO2/c1-13-9-4-3-7(8(12)6-11)5-10(9)14-2;9-5-7(10)6-3-1-2-4-8-6/h3-6H,1-2H3;1-5H. The lowest BCUT2D eigenvalue weighted by Gasteiger charge is -2.07. The van der Waals surface area contributed by atoms with Gasteiger partial charge in [-0.15, -0.1) is 0 Å². The number of hydrogen-bond donors (Lipinski definition) is 0. The SMILES string of the molecule is COc1ccc(C(=O)C=O)cc1OC.O=CC(=O)c1ccccn1. The summed E-state index contributed by atoms with van der Waals surface area (Å²) in [5, 5.41) is 0. The van der Waals surface area contributed by atoms with Gasteiger partial charge in [0.1, 0.15) is 5.69 Å². The Balaban J connectivity index is 0.000000254. The normalized spacial score (nSPS) is 9.08. The van der Waals surface area contributed by atoms with Gasteiger partial charge < -0.3 is 9.47 Å².